The zero-order chi connectivity index (χ0) is 15.1. The van der Waals surface area contributed by atoms with E-state index < -0.39 is 0 Å². The fourth-order valence-electron chi connectivity index (χ4n) is 3.15. The molecule has 0 saturated heterocycles. The Balaban J connectivity index is 1.92. The first-order chi connectivity index (χ1) is 10.7. The van der Waals surface area contributed by atoms with Crippen molar-refractivity contribution in [3.63, 3.8) is 0 Å². The lowest BCUT2D eigenvalue weighted by molar-refractivity contribution is 0.398. The zero-order valence-electron chi connectivity index (χ0n) is 12.4. The molecule has 1 saturated carbocycles. The minimum Gasteiger partial charge on any atom is -0.367 e. The van der Waals surface area contributed by atoms with E-state index >= 15 is 0 Å². The van der Waals surface area contributed by atoms with Crippen LogP contribution in [0.15, 0.2) is 36.8 Å². The van der Waals surface area contributed by atoms with Gasteiger partial charge in [-0.3, -0.25) is 9.67 Å². The van der Waals surface area contributed by atoms with Crippen LogP contribution in [0.1, 0.15) is 30.9 Å². The Morgan fingerprint density at radius 1 is 1.27 bits per heavy atom. The van der Waals surface area contributed by atoms with Gasteiger partial charge in [0.15, 0.2) is 0 Å². The first kappa shape index (κ1) is 13.2. The van der Waals surface area contributed by atoms with Crippen LogP contribution < -0.4 is 0 Å². The van der Waals surface area contributed by atoms with E-state index in [-0.39, 0.29) is 5.82 Å². The molecule has 4 nitrogen and oxygen atoms in total. The van der Waals surface area contributed by atoms with Crippen LogP contribution in [-0.4, -0.2) is 19.7 Å². The van der Waals surface area contributed by atoms with E-state index in [0.29, 0.717) is 11.6 Å². The molecule has 0 radical (unpaired) electrons. The molecular formula is C17H17FN4. The lowest BCUT2D eigenvalue weighted by Gasteiger charge is -2.26. The second kappa shape index (κ2) is 5.09. The number of aryl methyl sites for hydroxylation is 1. The van der Waals surface area contributed by atoms with Gasteiger partial charge in [-0.25, -0.2) is 4.39 Å². The molecule has 0 aliphatic heterocycles. The molecule has 0 unspecified atom stereocenters. The number of halogens is 1. The van der Waals surface area contributed by atoms with Crippen LogP contribution in [0.3, 0.4) is 0 Å². The number of nitrogens with one attached hydrogen (secondary N) is 1. The summed E-state index contributed by atoms with van der Waals surface area (Å²) in [5, 5.41) is 4.69. The van der Waals surface area contributed by atoms with E-state index in [1.54, 1.807) is 6.07 Å². The predicted octanol–water partition coefficient (Wildman–Crippen LogP) is 3.88. The minimum absolute atomic E-state index is 0.331. The molecule has 3 aromatic heterocycles. The van der Waals surface area contributed by atoms with Crippen molar-refractivity contribution in [3.05, 3.63) is 48.3 Å². The number of aromatic nitrogens is 4. The van der Waals surface area contributed by atoms with E-state index in [2.05, 4.69) is 15.1 Å². The monoisotopic (exact) mass is 296 g/mol. The van der Waals surface area contributed by atoms with Gasteiger partial charge in [0.2, 0.25) is 0 Å². The van der Waals surface area contributed by atoms with Gasteiger partial charge >= 0.3 is 0 Å². The summed E-state index contributed by atoms with van der Waals surface area (Å²) in [6.07, 6.45) is 8.81. The van der Waals surface area contributed by atoms with Crippen molar-refractivity contribution in [3.8, 4) is 22.5 Å². The summed E-state index contributed by atoms with van der Waals surface area (Å²) < 4.78 is 15.1. The molecule has 1 fully saturated rings. The number of pyridine rings is 1. The average molecular weight is 296 g/mol. The SMILES string of the molecule is Cn1nc(-c2ccc(F)cn2)c(-c2cc[nH]c2)c1C1CCC1. The van der Waals surface area contributed by atoms with E-state index in [4.69, 9.17) is 0 Å². The predicted molar refractivity (Wildman–Crippen MR) is 82.8 cm³/mol. The number of hydrogen-bond donors (Lipinski definition) is 1. The summed E-state index contributed by atoms with van der Waals surface area (Å²) in [4.78, 5) is 7.33. The van der Waals surface area contributed by atoms with Crippen LogP contribution in [-0.2, 0) is 7.05 Å². The Morgan fingerprint density at radius 2 is 2.14 bits per heavy atom. The van der Waals surface area contributed by atoms with Crippen molar-refractivity contribution in [2.75, 3.05) is 0 Å². The summed E-state index contributed by atoms with van der Waals surface area (Å²) >= 11 is 0. The second-order valence-corrected chi connectivity index (χ2v) is 5.82. The number of hydrogen-bond acceptors (Lipinski definition) is 2. The Kier molecular flexibility index (Phi) is 3.06. The lowest BCUT2D eigenvalue weighted by atomic mass is 9.80. The number of nitrogens with zero attached hydrogens (tertiary/aromatic N) is 3. The van der Waals surface area contributed by atoms with E-state index in [1.807, 2.05) is 30.2 Å². The third-order valence-corrected chi connectivity index (χ3v) is 4.44. The second-order valence-electron chi connectivity index (χ2n) is 5.82. The highest BCUT2D eigenvalue weighted by Crippen LogP contribution is 2.44. The van der Waals surface area contributed by atoms with Crippen molar-refractivity contribution in [2.24, 2.45) is 7.05 Å². The van der Waals surface area contributed by atoms with Gasteiger partial charge in [0.25, 0.3) is 0 Å². The van der Waals surface area contributed by atoms with Crippen LogP contribution in [0, 0.1) is 5.82 Å². The van der Waals surface area contributed by atoms with Gasteiger partial charge in [-0.2, -0.15) is 5.10 Å². The Labute approximate surface area is 128 Å². The maximum absolute atomic E-state index is 13.2. The summed E-state index contributed by atoms with van der Waals surface area (Å²) in [5.41, 5.74) is 5.01. The lowest BCUT2D eigenvalue weighted by Crippen LogP contribution is -2.14. The maximum atomic E-state index is 13.2. The molecule has 3 heterocycles. The molecule has 4 rings (SSSR count). The largest absolute Gasteiger partial charge is 0.367 e. The summed E-state index contributed by atoms with van der Waals surface area (Å²) in [6.45, 7) is 0. The van der Waals surface area contributed by atoms with Gasteiger partial charge < -0.3 is 4.98 Å². The normalized spacial score (nSPS) is 15.0. The molecule has 1 aliphatic carbocycles. The van der Waals surface area contributed by atoms with Crippen LogP contribution in [0.4, 0.5) is 4.39 Å². The molecule has 0 spiro atoms. The third kappa shape index (κ3) is 2.04. The standard InChI is InChI=1S/C17H17FN4/c1-22-17(11-3-2-4-11)15(12-7-8-19-9-12)16(21-22)14-6-5-13(18)10-20-14/h5-11,19H,2-4H2,1H3. The maximum Gasteiger partial charge on any atom is 0.141 e. The van der Waals surface area contributed by atoms with E-state index in [1.165, 1.54) is 37.2 Å². The number of rotatable bonds is 3. The fourth-order valence-corrected chi connectivity index (χ4v) is 3.15. The molecular weight excluding hydrogens is 279 g/mol. The highest BCUT2D eigenvalue weighted by atomic mass is 19.1. The zero-order valence-corrected chi connectivity index (χ0v) is 12.4. The topological polar surface area (TPSA) is 46.5 Å². The van der Waals surface area contributed by atoms with Crippen molar-refractivity contribution in [2.45, 2.75) is 25.2 Å². The van der Waals surface area contributed by atoms with Gasteiger partial charge in [0.05, 0.1) is 11.9 Å². The van der Waals surface area contributed by atoms with Gasteiger partial charge in [-0.15, -0.1) is 0 Å². The van der Waals surface area contributed by atoms with Crippen molar-refractivity contribution in [1.82, 2.24) is 19.7 Å². The Hall–Kier alpha value is -2.43. The van der Waals surface area contributed by atoms with Gasteiger partial charge in [0.1, 0.15) is 11.5 Å². The summed E-state index contributed by atoms with van der Waals surface area (Å²) in [7, 11) is 1.98. The highest BCUT2D eigenvalue weighted by Gasteiger charge is 2.29. The van der Waals surface area contributed by atoms with Crippen molar-refractivity contribution >= 4 is 0 Å². The Bertz CT molecular complexity index is 783. The fraction of sp³-hybridized carbons (Fsp3) is 0.294. The molecule has 0 bridgehead atoms. The van der Waals surface area contributed by atoms with Crippen LogP contribution in [0.25, 0.3) is 22.5 Å². The van der Waals surface area contributed by atoms with E-state index in [9.17, 15) is 4.39 Å². The number of H-pyrrole nitrogens is 1. The molecule has 5 heteroatoms. The molecule has 0 amide bonds. The van der Waals surface area contributed by atoms with Crippen LogP contribution in [0.2, 0.25) is 0 Å². The third-order valence-electron chi connectivity index (χ3n) is 4.44. The van der Waals surface area contributed by atoms with Crippen LogP contribution >= 0.6 is 0 Å². The molecule has 112 valence electrons. The minimum atomic E-state index is -0.331. The van der Waals surface area contributed by atoms with Crippen molar-refractivity contribution in [1.29, 1.82) is 0 Å². The molecule has 22 heavy (non-hydrogen) atoms. The molecule has 0 atom stereocenters. The van der Waals surface area contributed by atoms with Gasteiger partial charge in [-0.05, 0) is 31.0 Å². The molecule has 3 aromatic rings. The first-order valence-electron chi connectivity index (χ1n) is 7.56. The number of aromatic amines is 1. The quantitative estimate of drug-likeness (QED) is 0.797. The molecule has 1 N–H and O–H groups in total. The molecule has 1 aliphatic rings. The summed E-state index contributed by atoms with van der Waals surface area (Å²) in [6, 6.07) is 5.17. The van der Waals surface area contributed by atoms with E-state index in [0.717, 1.165) is 16.8 Å². The molecule has 0 aromatic carbocycles. The smallest absolute Gasteiger partial charge is 0.141 e. The van der Waals surface area contributed by atoms with Crippen molar-refractivity contribution < 1.29 is 4.39 Å². The summed E-state index contributed by atoms with van der Waals surface area (Å²) in [5.74, 6) is 0.221. The van der Waals surface area contributed by atoms with Gasteiger partial charge in [-0.1, -0.05) is 6.42 Å². The Morgan fingerprint density at radius 3 is 2.73 bits per heavy atom. The average Bonchev–Trinajstić information content (AvgIpc) is 3.07. The van der Waals surface area contributed by atoms with Crippen LogP contribution in [0.5, 0.6) is 0 Å². The van der Waals surface area contributed by atoms with Gasteiger partial charge in [0, 0.05) is 42.2 Å². The first-order valence-corrected chi connectivity index (χ1v) is 7.56. The highest BCUT2D eigenvalue weighted by molar-refractivity contribution is 5.81.